The van der Waals surface area contributed by atoms with Gasteiger partial charge in [-0.15, -0.1) is 0 Å². The third-order valence-electron chi connectivity index (χ3n) is 2.99. The van der Waals surface area contributed by atoms with E-state index in [-0.39, 0.29) is 5.41 Å². The van der Waals surface area contributed by atoms with E-state index >= 15 is 0 Å². The topological polar surface area (TPSA) is 0 Å². The number of hydrogen-bond acceptors (Lipinski definition) is 0. The third kappa shape index (κ3) is 3.27. The second-order valence-corrected chi connectivity index (χ2v) is 4.87. The van der Waals surface area contributed by atoms with Crippen LogP contribution in [0.4, 0.5) is 0 Å². The van der Waals surface area contributed by atoms with Crippen molar-refractivity contribution in [2.24, 2.45) is 10.8 Å². The molecule has 0 aromatic carbocycles. The Morgan fingerprint density at radius 1 is 1.09 bits per heavy atom. The lowest BCUT2D eigenvalue weighted by Gasteiger charge is -2.38. The Bertz CT molecular complexity index is 104. The van der Waals surface area contributed by atoms with E-state index in [0.29, 0.717) is 5.41 Å². The summed E-state index contributed by atoms with van der Waals surface area (Å²) in [4.78, 5) is 0. The van der Waals surface area contributed by atoms with Gasteiger partial charge in [0.1, 0.15) is 0 Å². The molecule has 0 saturated heterocycles. The second-order valence-electron chi connectivity index (χ2n) is 4.87. The van der Waals surface area contributed by atoms with Gasteiger partial charge in [-0.25, -0.2) is 0 Å². The molecule has 0 N–H and O–H groups in total. The maximum absolute atomic E-state index is 4.19. The van der Waals surface area contributed by atoms with Gasteiger partial charge in [0, 0.05) is 0 Å². The minimum absolute atomic E-state index is 0.197. The molecule has 0 saturated carbocycles. The van der Waals surface area contributed by atoms with E-state index in [0.717, 1.165) is 0 Å². The fourth-order valence-electron chi connectivity index (χ4n) is 0.957. The zero-order chi connectivity index (χ0) is 9.12. The first-order chi connectivity index (χ1) is 4.81. The van der Waals surface area contributed by atoms with Crippen molar-refractivity contribution in [2.45, 2.75) is 53.9 Å². The van der Waals surface area contributed by atoms with E-state index in [1.807, 2.05) is 0 Å². The Kier molecular flexibility index (Phi) is 3.60. The van der Waals surface area contributed by atoms with Crippen molar-refractivity contribution in [3.63, 3.8) is 0 Å². The zero-order valence-corrected chi connectivity index (χ0v) is 8.83. The first kappa shape index (κ1) is 11.0. The van der Waals surface area contributed by atoms with Crippen LogP contribution >= 0.6 is 0 Å². The first-order valence-electron chi connectivity index (χ1n) is 4.66. The molecule has 0 aliphatic heterocycles. The van der Waals surface area contributed by atoms with Gasteiger partial charge >= 0.3 is 0 Å². The Balaban J connectivity index is 4.00. The van der Waals surface area contributed by atoms with Gasteiger partial charge in [-0.05, 0) is 24.2 Å². The molecule has 11 heavy (non-hydrogen) atoms. The maximum atomic E-state index is 4.19. The Morgan fingerprint density at radius 2 is 1.55 bits per heavy atom. The molecule has 0 aromatic heterocycles. The lowest BCUT2D eigenvalue weighted by Crippen LogP contribution is -2.29. The van der Waals surface area contributed by atoms with Gasteiger partial charge in [-0.1, -0.05) is 47.5 Å². The summed E-state index contributed by atoms with van der Waals surface area (Å²) in [5.41, 5.74) is 0.575. The van der Waals surface area contributed by atoms with E-state index in [1.54, 1.807) is 0 Å². The fraction of sp³-hybridized carbons (Fsp3) is 0.909. The van der Waals surface area contributed by atoms with Crippen LogP contribution in [0.2, 0.25) is 0 Å². The van der Waals surface area contributed by atoms with Gasteiger partial charge in [0.2, 0.25) is 0 Å². The van der Waals surface area contributed by atoms with Gasteiger partial charge in [0.25, 0.3) is 0 Å². The first-order valence-corrected chi connectivity index (χ1v) is 4.66. The lowest BCUT2D eigenvalue weighted by molar-refractivity contribution is 0.144. The van der Waals surface area contributed by atoms with Gasteiger partial charge in [0.15, 0.2) is 0 Å². The van der Waals surface area contributed by atoms with Crippen molar-refractivity contribution >= 4 is 0 Å². The summed E-state index contributed by atoms with van der Waals surface area (Å²) < 4.78 is 0. The molecule has 0 spiro atoms. The van der Waals surface area contributed by atoms with Gasteiger partial charge in [-0.2, -0.15) is 0 Å². The molecule has 0 heterocycles. The molecule has 0 bridgehead atoms. The molecule has 0 aliphatic rings. The van der Waals surface area contributed by atoms with Crippen LogP contribution in [-0.4, -0.2) is 0 Å². The zero-order valence-electron chi connectivity index (χ0n) is 8.83. The summed E-state index contributed by atoms with van der Waals surface area (Å²) in [6.07, 6.45) is 3.91. The normalized spacial score (nSPS) is 13.6. The summed E-state index contributed by atoms with van der Waals surface area (Å²) in [7, 11) is 0. The van der Waals surface area contributed by atoms with Crippen LogP contribution < -0.4 is 0 Å². The summed E-state index contributed by atoms with van der Waals surface area (Å²) in [6, 6.07) is 0. The molecule has 0 heteroatoms. The average molecular weight is 155 g/mol. The molecular formula is C11H23. The van der Waals surface area contributed by atoms with E-state index in [9.17, 15) is 0 Å². The summed E-state index contributed by atoms with van der Waals surface area (Å²) >= 11 is 0. The van der Waals surface area contributed by atoms with Crippen LogP contribution in [0.25, 0.3) is 0 Å². The van der Waals surface area contributed by atoms with Crippen LogP contribution in [0.15, 0.2) is 0 Å². The minimum Gasteiger partial charge on any atom is -0.0654 e. The predicted octanol–water partition coefficient (Wildman–Crippen LogP) is 4.06. The van der Waals surface area contributed by atoms with E-state index in [1.165, 1.54) is 19.3 Å². The highest BCUT2D eigenvalue weighted by Gasteiger charge is 2.31. The maximum Gasteiger partial charge on any atom is -0.0303 e. The number of unbranched alkanes of at least 4 members (excludes halogenated alkanes) is 1. The van der Waals surface area contributed by atoms with Crippen molar-refractivity contribution in [3.05, 3.63) is 6.92 Å². The molecule has 0 atom stereocenters. The molecular weight excluding hydrogens is 132 g/mol. The highest BCUT2D eigenvalue weighted by Crippen LogP contribution is 2.41. The van der Waals surface area contributed by atoms with E-state index < -0.39 is 0 Å². The van der Waals surface area contributed by atoms with Crippen LogP contribution in [0, 0.1) is 17.8 Å². The Hall–Kier alpha value is 0. The molecule has 0 rings (SSSR count). The van der Waals surface area contributed by atoms with Crippen LogP contribution in [0.1, 0.15) is 53.9 Å². The monoisotopic (exact) mass is 155 g/mol. The summed E-state index contributed by atoms with van der Waals surface area (Å²) in [6.45, 7) is 15.5. The lowest BCUT2D eigenvalue weighted by atomic mass is 9.67. The second kappa shape index (κ2) is 3.60. The van der Waals surface area contributed by atoms with Gasteiger partial charge < -0.3 is 0 Å². The molecule has 0 aliphatic carbocycles. The summed E-state index contributed by atoms with van der Waals surface area (Å²) in [5.74, 6) is 0. The van der Waals surface area contributed by atoms with Crippen molar-refractivity contribution in [3.8, 4) is 0 Å². The predicted molar refractivity (Wildman–Crippen MR) is 52.4 cm³/mol. The molecule has 0 fully saturated rings. The van der Waals surface area contributed by atoms with Crippen molar-refractivity contribution in [1.82, 2.24) is 0 Å². The molecule has 0 unspecified atom stereocenters. The molecule has 0 amide bonds. The minimum atomic E-state index is 0.197. The molecule has 0 aromatic rings. The highest BCUT2D eigenvalue weighted by molar-refractivity contribution is 4.87. The fourth-order valence-corrected chi connectivity index (χ4v) is 0.957. The van der Waals surface area contributed by atoms with E-state index in [4.69, 9.17) is 0 Å². The van der Waals surface area contributed by atoms with E-state index in [2.05, 4.69) is 41.5 Å². The molecule has 67 valence electrons. The quantitative estimate of drug-likeness (QED) is 0.574. The Morgan fingerprint density at radius 3 is 1.82 bits per heavy atom. The standard InChI is InChI=1S/C11H23/c1-7-8-9-11(5,6)10(2,3)4/h2,7-9H2,1,3-6H3. The van der Waals surface area contributed by atoms with Crippen LogP contribution in [0.5, 0.6) is 0 Å². The highest BCUT2D eigenvalue weighted by atomic mass is 14.4. The number of hydrogen-bond donors (Lipinski definition) is 0. The number of rotatable bonds is 4. The van der Waals surface area contributed by atoms with Crippen LogP contribution in [0.3, 0.4) is 0 Å². The van der Waals surface area contributed by atoms with Gasteiger partial charge in [-0.3, -0.25) is 0 Å². The molecule has 1 radical (unpaired) electrons. The van der Waals surface area contributed by atoms with Crippen molar-refractivity contribution < 1.29 is 0 Å². The average Bonchev–Trinajstić information content (AvgIpc) is 1.81. The van der Waals surface area contributed by atoms with Crippen molar-refractivity contribution in [1.29, 1.82) is 0 Å². The SMILES string of the molecule is [CH2]C(C)(C)C(C)(C)CCCC. The van der Waals surface area contributed by atoms with Crippen LogP contribution in [-0.2, 0) is 0 Å². The third-order valence-corrected chi connectivity index (χ3v) is 2.99. The molecule has 0 nitrogen and oxygen atoms in total. The van der Waals surface area contributed by atoms with Crippen molar-refractivity contribution in [2.75, 3.05) is 0 Å². The van der Waals surface area contributed by atoms with Gasteiger partial charge in [0.05, 0.1) is 0 Å². The Labute approximate surface area is 72.4 Å². The largest absolute Gasteiger partial charge is 0.0654 e. The summed E-state index contributed by atoms with van der Waals surface area (Å²) in [5, 5.41) is 0. The smallest absolute Gasteiger partial charge is 0.0303 e.